The van der Waals surface area contributed by atoms with Crippen LogP contribution in [0.4, 0.5) is 16.0 Å². The van der Waals surface area contributed by atoms with E-state index in [1.54, 1.807) is 23.7 Å². The van der Waals surface area contributed by atoms with Gasteiger partial charge in [-0.05, 0) is 34.0 Å². The third kappa shape index (κ3) is 3.06. The summed E-state index contributed by atoms with van der Waals surface area (Å²) in [5.41, 5.74) is 0.957. The van der Waals surface area contributed by atoms with Gasteiger partial charge in [-0.15, -0.1) is 0 Å². The summed E-state index contributed by atoms with van der Waals surface area (Å²) in [4.78, 5) is 13.9. The van der Waals surface area contributed by atoms with E-state index in [-0.39, 0.29) is 11.6 Å². The molecule has 19 heavy (non-hydrogen) atoms. The molecule has 2 rings (SSSR count). The highest BCUT2D eigenvalue weighted by atomic mass is 19.1. The van der Waals surface area contributed by atoms with Crippen molar-refractivity contribution in [1.29, 1.82) is 0 Å². The van der Waals surface area contributed by atoms with Gasteiger partial charge in [0.25, 0.3) is 0 Å². The Labute approximate surface area is 109 Å². The van der Waals surface area contributed by atoms with Crippen LogP contribution in [-0.4, -0.2) is 21.0 Å². The van der Waals surface area contributed by atoms with Crippen molar-refractivity contribution >= 4 is 11.6 Å². The number of hydrogen-bond donors (Lipinski definition) is 1. The molecule has 2 aromatic rings. The number of nitrogens with one attached hydrogen (secondary N) is 1. The van der Waals surface area contributed by atoms with Crippen molar-refractivity contribution in [3.05, 3.63) is 52.1 Å². The lowest BCUT2D eigenvalue weighted by atomic mass is 10.1. The maximum atomic E-state index is 12.7. The lowest BCUT2D eigenvalue weighted by Gasteiger charge is -2.06. The molecule has 0 atom stereocenters. The third-order valence-electron chi connectivity index (χ3n) is 2.71. The van der Waals surface area contributed by atoms with E-state index in [2.05, 4.69) is 10.3 Å². The first-order valence-electron chi connectivity index (χ1n) is 5.72. The van der Waals surface area contributed by atoms with Gasteiger partial charge in [0.05, 0.1) is 0 Å². The number of hydrogen-bond acceptors (Lipinski definition) is 4. The number of nitrogens with zero attached hydrogens (tertiary/aromatic N) is 3. The molecule has 1 aromatic heterocycles. The predicted octanol–water partition coefficient (Wildman–Crippen LogP) is 2.12. The van der Waals surface area contributed by atoms with Crippen LogP contribution < -0.4 is 5.32 Å². The Kier molecular flexibility index (Phi) is 3.74. The number of halogens is 1. The Balaban J connectivity index is 1.97. The Morgan fingerprint density at radius 3 is 2.74 bits per heavy atom. The van der Waals surface area contributed by atoms with E-state index in [4.69, 9.17) is 0 Å². The maximum absolute atomic E-state index is 12.7. The van der Waals surface area contributed by atoms with Crippen molar-refractivity contribution in [3.63, 3.8) is 0 Å². The molecule has 0 amide bonds. The quantitative estimate of drug-likeness (QED) is 0.663. The summed E-state index contributed by atoms with van der Waals surface area (Å²) in [7, 11) is 1.68. The van der Waals surface area contributed by atoms with E-state index >= 15 is 0 Å². The standard InChI is InChI=1S/C12H13FN4O2/c1-16-8-15-12(17(18)19)11(16)14-7-6-9-2-4-10(13)5-3-9/h2-5,8,14H,6-7H2,1H3. The second-order valence-corrected chi connectivity index (χ2v) is 4.09. The molecular weight excluding hydrogens is 251 g/mol. The van der Waals surface area contributed by atoms with Crippen molar-refractivity contribution in [1.82, 2.24) is 9.55 Å². The van der Waals surface area contributed by atoms with Crippen molar-refractivity contribution in [2.24, 2.45) is 7.05 Å². The highest BCUT2D eigenvalue weighted by Crippen LogP contribution is 2.20. The largest absolute Gasteiger partial charge is 0.406 e. The Morgan fingerprint density at radius 1 is 1.42 bits per heavy atom. The molecule has 1 N–H and O–H groups in total. The molecule has 1 heterocycles. The van der Waals surface area contributed by atoms with Crippen LogP contribution in [0.1, 0.15) is 5.56 Å². The van der Waals surface area contributed by atoms with Gasteiger partial charge in [0.2, 0.25) is 12.1 Å². The second kappa shape index (κ2) is 5.47. The average Bonchev–Trinajstić information content (AvgIpc) is 2.74. The zero-order valence-corrected chi connectivity index (χ0v) is 10.3. The summed E-state index contributed by atoms with van der Waals surface area (Å²) in [6.45, 7) is 0.506. The summed E-state index contributed by atoms with van der Waals surface area (Å²) in [6, 6.07) is 6.16. The average molecular weight is 264 g/mol. The normalized spacial score (nSPS) is 10.4. The predicted molar refractivity (Wildman–Crippen MR) is 68.5 cm³/mol. The molecule has 0 aliphatic heterocycles. The minimum Gasteiger partial charge on any atom is -0.364 e. The third-order valence-corrected chi connectivity index (χ3v) is 2.71. The Hall–Kier alpha value is -2.44. The van der Waals surface area contributed by atoms with Crippen molar-refractivity contribution in [2.75, 3.05) is 11.9 Å². The summed E-state index contributed by atoms with van der Waals surface area (Å²) in [5, 5.41) is 13.7. The monoisotopic (exact) mass is 264 g/mol. The van der Waals surface area contributed by atoms with Crippen LogP contribution in [0.5, 0.6) is 0 Å². The lowest BCUT2D eigenvalue weighted by Crippen LogP contribution is -2.09. The summed E-state index contributed by atoms with van der Waals surface area (Å²) in [5.74, 6) is -0.104. The molecule has 0 fully saturated rings. The zero-order valence-electron chi connectivity index (χ0n) is 10.3. The van der Waals surface area contributed by atoms with Crippen LogP contribution >= 0.6 is 0 Å². The highest BCUT2D eigenvalue weighted by molar-refractivity contribution is 5.52. The van der Waals surface area contributed by atoms with Crippen LogP contribution in [0.2, 0.25) is 0 Å². The van der Waals surface area contributed by atoms with Crippen LogP contribution in [0.15, 0.2) is 30.6 Å². The molecule has 0 unspecified atom stereocenters. The highest BCUT2D eigenvalue weighted by Gasteiger charge is 2.19. The number of benzene rings is 1. The fourth-order valence-electron chi connectivity index (χ4n) is 1.73. The Morgan fingerprint density at radius 2 is 2.11 bits per heavy atom. The molecule has 0 radical (unpaired) electrons. The van der Waals surface area contributed by atoms with Gasteiger partial charge in [0, 0.05) is 13.6 Å². The molecule has 0 bridgehead atoms. The topological polar surface area (TPSA) is 73.0 Å². The molecule has 100 valence electrons. The lowest BCUT2D eigenvalue weighted by molar-refractivity contribution is -0.388. The molecule has 1 aromatic carbocycles. The van der Waals surface area contributed by atoms with E-state index < -0.39 is 4.92 Å². The number of imidazole rings is 1. The summed E-state index contributed by atoms with van der Waals surface area (Å²) >= 11 is 0. The molecule has 0 aliphatic carbocycles. The number of aromatic nitrogens is 2. The first kappa shape index (κ1) is 13.0. The smallest absolute Gasteiger partial charge is 0.364 e. The molecule has 0 saturated heterocycles. The fourth-order valence-corrected chi connectivity index (χ4v) is 1.73. The molecular formula is C12H13FN4O2. The SMILES string of the molecule is Cn1cnc([N+](=O)[O-])c1NCCc1ccc(F)cc1. The van der Waals surface area contributed by atoms with Crippen LogP contribution in [0, 0.1) is 15.9 Å². The number of rotatable bonds is 5. The fraction of sp³-hybridized carbons (Fsp3) is 0.250. The van der Waals surface area contributed by atoms with Gasteiger partial charge in [-0.1, -0.05) is 12.1 Å². The molecule has 0 aliphatic rings. The molecule has 0 spiro atoms. The van der Waals surface area contributed by atoms with Gasteiger partial charge < -0.3 is 15.4 Å². The zero-order chi connectivity index (χ0) is 13.8. The molecule has 6 nitrogen and oxygen atoms in total. The van der Waals surface area contributed by atoms with Gasteiger partial charge >= 0.3 is 5.82 Å². The van der Waals surface area contributed by atoms with E-state index in [1.165, 1.54) is 18.5 Å². The molecule has 7 heteroatoms. The van der Waals surface area contributed by atoms with Gasteiger partial charge in [-0.3, -0.25) is 4.57 Å². The minimum absolute atomic E-state index is 0.193. The number of anilines is 1. The van der Waals surface area contributed by atoms with E-state index in [9.17, 15) is 14.5 Å². The van der Waals surface area contributed by atoms with Crippen LogP contribution in [-0.2, 0) is 13.5 Å². The van der Waals surface area contributed by atoms with E-state index in [1.807, 2.05) is 0 Å². The van der Waals surface area contributed by atoms with Gasteiger partial charge in [0.15, 0.2) is 0 Å². The second-order valence-electron chi connectivity index (χ2n) is 4.09. The van der Waals surface area contributed by atoms with Crippen molar-refractivity contribution in [2.45, 2.75) is 6.42 Å². The van der Waals surface area contributed by atoms with Gasteiger partial charge in [-0.25, -0.2) is 4.39 Å². The van der Waals surface area contributed by atoms with Gasteiger partial charge in [0.1, 0.15) is 5.82 Å². The number of aryl methyl sites for hydroxylation is 1. The van der Waals surface area contributed by atoms with Crippen LogP contribution in [0.25, 0.3) is 0 Å². The van der Waals surface area contributed by atoms with Crippen molar-refractivity contribution < 1.29 is 9.31 Å². The summed E-state index contributed by atoms with van der Waals surface area (Å²) < 4.78 is 14.3. The first-order chi connectivity index (χ1) is 9.08. The first-order valence-corrected chi connectivity index (χ1v) is 5.72. The van der Waals surface area contributed by atoms with Crippen LogP contribution in [0.3, 0.4) is 0 Å². The van der Waals surface area contributed by atoms with E-state index in [0.29, 0.717) is 18.8 Å². The minimum atomic E-state index is -0.528. The summed E-state index contributed by atoms with van der Waals surface area (Å²) in [6.07, 6.45) is 2.03. The maximum Gasteiger partial charge on any atom is 0.406 e. The van der Waals surface area contributed by atoms with E-state index in [0.717, 1.165) is 5.56 Å². The molecule has 0 saturated carbocycles. The van der Waals surface area contributed by atoms with Crippen molar-refractivity contribution in [3.8, 4) is 0 Å². The Bertz CT molecular complexity index is 580. The van der Waals surface area contributed by atoms with Gasteiger partial charge in [-0.2, -0.15) is 0 Å². The number of nitro groups is 1.